The lowest BCUT2D eigenvalue weighted by atomic mass is 10.1. The summed E-state index contributed by atoms with van der Waals surface area (Å²) in [5.41, 5.74) is 1.89. The van der Waals surface area contributed by atoms with Crippen molar-refractivity contribution in [1.82, 2.24) is 0 Å². The Morgan fingerprint density at radius 3 is 2.28 bits per heavy atom. The summed E-state index contributed by atoms with van der Waals surface area (Å²) in [7, 11) is 0. The third-order valence-corrected chi connectivity index (χ3v) is 6.42. The van der Waals surface area contributed by atoms with Crippen LogP contribution in [0.2, 0.25) is 5.02 Å². The van der Waals surface area contributed by atoms with Gasteiger partial charge in [-0.3, -0.25) is 9.59 Å². The monoisotopic (exact) mass is 488 g/mol. The predicted octanol–water partition coefficient (Wildman–Crippen LogP) is 5.56. The van der Waals surface area contributed by atoms with Crippen molar-refractivity contribution in [3.05, 3.63) is 71.2 Å². The van der Waals surface area contributed by atoms with Gasteiger partial charge < -0.3 is 15.4 Å². The summed E-state index contributed by atoms with van der Waals surface area (Å²) in [5, 5.41) is 6.54. The largest absolute Gasteiger partial charge is 0.462 e. The average Bonchev–Trinajstić information content (AvgIpc) is 3.20. The van der Waals surface area contributed by atoms with Gasteiger partial charge in [0.2, 0.25) is 11.8 Å². The molecule has 0 aliphatic heterocycles. The predicted molar refractivity (Wildman–Crippen MR) is 132 cm³/mol. The van der Waals surface area contributed by atoms with E-state index < -0.39 is 5.97 Å². The first-order valence-corrected chi connectivity index (χ1v) is 12.1. The highest BCUT2D eigenvalue weighted by molar-refractivity contribution is 8.00. The van der Waals surface area contributed by atoms with Crippen LogP contribution in [-0.4, -0.2) is 35.9 Å². The zero-order chi connectivity index (χ0) is 22.9. The Morgan fingerprint density at radius 2 is 1.62 bits per heavy atom. The molecule has 1 heterocycles. The van der Waals surface area contributed by atoms with Gasteiger partial charge in [0.25, 0.3) is 0 Å². The summed E-state index contributed by atoms with van der Waals surface area (Å²) in [5.74, 6) is -0.840. The molecule has 0 aliphatic rings. The average molecular weight is 489 g/mol. The smallest absolute Gasteiger partial charge is 0.341 e. The number of hydrogen-bond donors (Lipinski definition) is 2. The molecule has 0 saturated heterocycles. The van der Waals surface area contributed by atoms with Crippen LogP contribution in [0.25, 0.3) is 10.4 Å². The number of hydrogen-bond acceptors (Lipinski definition) is 6. The highest BCUT2D eigenvalue weighted by Gasteiger charge is 2.20. The fraction of sp³-hybridized carbons (Fsp3) is 0.174. The van der Waals surface area contributed by atoms with Gasteiger partial charge in [-0.05, 0) is 42.8 Å². The van der Waals surface area contributed by atoms with E-state index >= 15 is 0 Å². The maximum Gasteiger partial charge on any atom is 0.341 e. The van der Waals surface area contributed by atoms with E-state index in [0.29, 0.717) is 21.3 Å². The number of benzene rings is 2. The minimum atomic E-state index is -0.490. The molecule has 9 heteroatoms. The molecule has 0 saturated carbocycles. The fourth-order valence-electron chi connectivity index (χ4n) is 2.72. The molecule has 0 aliphatic carbocycles. The number of halogens is 1. The van der Waals surface area contributed by atoms with E-state index in [1.807, 2.05) is 30.3 Å². The Morgan fingerprint density at radius 1 is 0.969 bits per heavy atom. The van der Waals surface area contributed by atoms with E-state index in [-0.39, 0.29) is 29.9 Å². The van der Waals surface area contributed by atoms with Crippen LogP contribution in [0, 0.1) is 0 Å². The SMILES string of the molecule is CCOC(=O)c1cc(-c2ccccc2)sc1NC(=O)CSCC(=O)Nc1ccc(Cl)cc1. The highest BCUT2D eigenvalue weighted by atomic mass is 35.5. The van der Waals surface area contributed by atoms with Gasteiger partial charge in [-0.15, -0.1) is 23.1 Å². The van der Waals surface area contributed by atoms with Gasteiger partial charge in [-0.1, -0.05) is 41.9 Å². The van der Waals surface area contributed by atoms with Crippen LogP contribution < -0.4 is 10.6 Å². The van der Waals surface area contributed by atoms with Crippen molar-refractivity contribution in [2.24, 2.45) is 0 Å². The van der Waals surface area contributed by atoms with Gasteiger partial charge in [-0.2, -0.15) is 0 Å². The Balaban J connectivity index is 1.58. The number of nitrogens with one attached hydrogen (secondary N) is 2. The number of carbonyl (C=O) groups excluding carboxylic acids is 3. The lowest BCUT2D eigenvalue weighted by Gasteiger charge is -2.07. The summed E-state index contributed by atoms with van der Waals surface area (Å²) in [6, 6.07) is 18.1. The molecule has 3 rings (SSSR count). The molecule has 32 heavy (non-hydrogen) atoms. The first-order valence-electron chi connectivity index (χ1n) is 9.75. The third-order valence-electron chi connectivity index (χ3n) is 4.13. The van der Waals surface area contributed by atoms with Gasteiger partial charge in [0.05, 0.1) is 23.7 Å². The highest BCUT2D eigenvalue weighted by Crippen LogP contribution is 2.36. The van der Waals surface area contributed by atoms with Gasteiger partial charge in [-0.25, -0.2) is 4.79 Å². The van der Waals surface area contributed by atoms with Gasteiger partial charge in [0.1, 0.15) is 5.00 Å². The maximum absolute atomic E-state index is 12.4. The van der Waals surface area contributed by atoms with E-state index in [4.69, 9.17) is 16.3 Å². The van der Waals surface area contributed by atoms with Crippen molar-refractivity contribution in [1.29, 1.82) is 0 Å². The van der Waals surface area contributed by atoms with Gasteiger partial charge >= 0.3 is 5.97 Å². The molecule has 0 spiro atoms. The zero-order valence-corrected chi connectivity index (χ0v) is 19.6. The normalized spacial score (nSPS) is 10.4. The molecular formula is C23H21ClN2O4S2. The van der Waals surface area contributed by atoms with Crippen LogP contribution >= 0.6 is 34.7 Å². The fourth-order valence-corrected chi connectivity index (χ4v) is 4.53. The summed E-state index contributed by atoms with van der Waals surface area (Å²) in [6.07, 6.45) is 0. The molecule has 0 unspecified atom stereocenters. The Labute approximate surface area is 199 Å². The van der Waals surface area contributed by atoms with Crippen LogP contribution in [0.5, 0.6) is 0 Å². The Kier molecular flexibility index (Phi) is 8.72. The summed E-state index contributed by atoms with van der Waals surface area (Å²) in [4.78, 5) is 37.7. The van der Waals surface area contributed by atoms with E-state index in [9.17, 15) is 14.4 Å². The number of thiophene rings is 1. The molecule has 6 nitrogen and oxygen atoms in total. The van der Waals surface area contributed by atoms with Crippen LogP contribution in [0.4, 0.5) is 10.7 Å². The van der Waals surface area contributed by atoms with Crippen LogP contribution in [0.3, 0.4) is 0 Å². The second kappa shape index (κ2) is 11.7. The topological polar surface area (TPSA) is 84.5 Å². The van der Waals surface area contributed by atoms with Crippen LogP contribution in [-0.2, 0) is 14.3 Å². The lowest BCUT2D eigenvalue weighted by molar-refractivity contribution is -0.114. The number of amides is 2. The van der Waals surface area contributed by atoms with Gasteiger partial charge in [0.15, 0.2) is 0 Å². The number of ether oxygens (including phenoxy) is 1. The molecule has 3 aromatic rings. The van der Waals surface area contributed by atoms with Crippen LogP contribution in [0.15, 0.2) is 60.7 Å². The van der Waals surface area contributed by atoms with E-state index in [2.05, 4.69) is 10.6 Å². The minimum Gasteiger partial charge on any atom is -0.462 e. The molecule has 0 bridgehead atoms. The van der Waals surface area contributed by atoms with E-state index in [1.54, 1.807) is 37.3 Å². The molecule has 0 radical (unpaired) electrons. The molecule has 0 fully saturated rings. The summed E-state index contributed by atoms with van der Waals surface area (Å²) < 4.78 is 5.13. The number of thioether (sulfide) groups is 1. The summed E-state index contributed by atoms with van der Waals surface area (Å²) in [6.45, 7) is 1.97. The number of esters is 1. The molecule has 166 valence electrons. The zero-order valence-electron chi connectivity index (χ0n) is 17.2. The van der Waals surface area contributed by atoms with E-state index in [1.165, 1.54) is 23.1 Å². The van der Waals surface area contributed by atoms with Gasteiger partial charge in [0, 0.05) is 15.6 Å². The Hall–Kier alpha value is -2.81. The number of anilines is 2. The molecule has 2 aromatic carbocycles. The summed E-state index contributed by atoms with van der Waals surface area (Å²) >= 11 is 8.31. The van der Waals surface area contributed by atoms with Crippen molar-refractivity contribution in [3.63, 3.8) is 0 Å². The van der Waals surface area contributed by atoms with Crippen molar-refractivity contribution in [3.8, 4) is 10.4 Å². The minimum absolute atomic E-state index is 0.0644. The van der Waals surface area contributed by atoms with Crippen molar-refractivity contribution >= 4 is 63.2 Å². The molecule has 1 aromatic heterocycles. The standard InChI is InChI=1S/C23H21ClN2O4S2/c1-2-30-23(29)18-12-19(15-6-4-3-5-7-15)32-22(18)26-21(28)14-31-13-20(27)25-17-10-8-16(24)9-11-17/h3-12H,2,13-14H2,1H3,(H,25,27)(H,26,28). The second-order valence-corrected chi connectivity index (χ2v) is 9.01. The maximum atomic E-state index is 12.4. The third kappa shape index (κ3) is 6.85. The quantitative estimate of drug-likeness (QED) is 0.385. The Bertz CT molecular complexity index is 1090. The molecule has 2 amide bonds. The molecule has 0 atom stereocenters. The van der Waals surface area contributed by atoms with Crippen molar-refractivity contribution < 1.29 is 19.1 Å². The second-order valence-electron chi connectivity index (χ2n) is 6.54. The first-order chi connectivity index (χ1) is 15.5. The molecular weight excluding hydrogens is 468 g/mol. The van der Waals surface area contributed by atoms with Crippen molar-refractivity contribution in [2.45, 2.75) is 6.92 Å². The number of rotatable bonds is 9. The van der Waals surface area contributed by atoms with Crippen LogP contribution in [0.1, 0.15) is 17.3 Å². The van der Waals surface area contributed by atoms with Crippen molar-refractivity contribution in [2.75, 3.05) is 28.7 Å². The van der Waals surface area contributed by atoms with E-state index in [0.717, 1.165) is 10.4 Å². The molecule has 2 N–H and O–H groups in total. The lowest BCUT2D eigenvalue weighted by Crippen LogP contribution is -2.19. The number of carbonyl (C=O) groups is 3. The first kappa shape index (κ1) is 23.8.